The fraction of sp³-hybridized carbons (Fsp3) is 0. The quantitative estimate of drug-likeness (QED) is 0.781. The van der Waals surface area contributed by atoms with Gasteiger partial charge in [-0.1, -0.05) is 15.9 Å². The largest absolute Gasteiger partial charge is 0.446 e. The Balaban J connectivity index is 2.50. The summed E-state index contributed by atoms with van der Waals surface area (Å²) in [7, 11) is 0. The molecule has 2 rings (SSSR count). The first-order chi connectivity index (χ1) is 7.20. The molecule has 0 radical (unpaired) electrons. The lowest BCUT2D eigenvalue weighted by molar-refractivity contribution is 0.567. The van der Waals surface area contributed by atoms with Crippen LogP contribution in [-0.2, 0) is 0 Å². The molecule has 2 aromatic rings. The van der Waals surface area contributed by atoms with Crippen LogP contribution in [0.3, 0.4) is 0 Å². The zero-order chi connectivity index (χ0) is 10.8. The van der Waals surface area contributed by atoms with Gasteiger partial charge in [0.1, 0.15) is 11.8 Å². The van der Waals surface area contributed by atoms with Crippen molar-refractivity contribution in [2.24, 2.45) is 0 Å². The summed E-state index contributed by atoms with van der Waals surface area (Å²) in [6.07, 6.45) is 0. The van der Waals surface area contributed by atoms with Crippen LogP contribution in [0.1, 0.15) is 5.76 Å². The van der Waals surface area contributed by atoms with E-state index in [9.17, 15) is 0 Å². The third-order valence-corrected chi connectivity index (χ3v) is 3.06. The number of hydrogen-bond donors (Lipinski definition) is 0. The zero-order valence-corrected chi connectivity index (χ0v) is 10.7. The highest BCUT2D eigenvalue weighted by Gasteiger charge is 2.08. The first-order valence-electron chi connectivity index (χ1n) is 4.16. The summed E-state index contributed by atoms with van der Waals surface area (Å²) in [5, 5.41) is 8.65. The van der Waals surface area contributed by atoms with Gasteiger partial charge in [-0.05, 0) is 46.3 Å². The van der Waals surface area contributed by atoms with Crippen LogP contribution in [0.25, 0.3) is 11.3 Å². The Kier molecular flexibility index (Phi) is 2.94. The lowest BCUT2D eigenvalue weighted by Gasteiger charge is -2.00. The number of nitriles is 1. The third-order valence-electron chi connectivity index (χ3n) is 1.91. The molecule has 0 unspecified atom stereocenters. The van der Waals surface area contributed by atoms with E-state index < -0.39 is 0 Å². The van der Waals surface area contributed by atoms with E-state index in [0.717, 1.165) is 14.5 Å². The number of benzene rings is 1. The number of hydrogen-bond acceptors (Lipinski definition) is 2. The maximum Gasteiger partial charge on any atom is 0.204 e. The van der Waals surface area contributed by atoms with Gasteiger partial charge in [-0.3, -0.25) is 0 Å². The molecule has 0 amide bonds. The fourth-order valence-corrected chi connectivity index (χ4v) is 2.47. The molecule has 15 heavy (non-hydrogen) atoms. The minimum absolute atomic E-state index is 0.319. The van der Waals surface area contributed by atoms with E-state index in [1.54, 1.807) is 12.1 Å². The van der Waals surface area contributed by atoms with E-state index in [4.69, 9.17) is 9.68 Å². The molecule has 0 aliphatic heterocycles. The zero-order valence-electron chi connectivity index (χ0n) is 7.50. The Morgan fingerprint density at radius 3 is 2.53 bits per heavy atom. The molecule has 1 aromatic heterocycles. The molecule has 0 aliphatic carbocycles. The van der Waals surface area contributed by atoms with E-state index in [1.807, 2.05) is 24.3 Å². The van der Waals surface area contributed by atoms with Crippen molar-refractivity contribution in [2.75, 3.05) is 0 Å². The summed E-state index contributed by atoms with van der Waals surface area (Å²) in [6.45, 7) is 0. The molecule has 0 aliphatic rings. The highest BCUT2D eigenvalue weighted by molar-refractivity contribution is 9.11. The van der Waals surface area contributed by atoms with Gasteiger partial charge < -0.3 is 4.42 Å². The second-order valence-corrected chi connectivity index (χ2v) is 4.67. The van der Waals surface area contributed by atoms with Crippen molar-refractivity contribution >= 4 is 31.9 Å². The lowest BCUT2D eigenvalue weighted by atomic mass is 10.2. The minimum atomic E-state index is 0.319. The minimum Gasteiger partial charge on any atom is -0.446 e. The predicted octanol–water partition coefficient (Wildman–Crippen LogP) is 4.34. The standard InChI is InChI=1S/C11H5Br2NO/c12-7-1-3-9(10(13)5-7)11-4-2-8(6-14)15-11/h1-5H. The highest BCUT2D eigenvalue weighted by atomic mass is 79.9. The predicted molar refractivity (Wildman–Crippen MR) is 64.3 cm³/mol. The van der Waals surface area contributed by atoms with Gasteiger partial charge >= 0.3 is 0 Å². The van der Waals surface area contributed by atoms with Gasteiger partial charge in [0.05, 0.1) is 0 Å². The monoisotopic (exact) mass is 325 g/mol. The molecule has 0 fully saturated rings. The molecule has 74 valence electrons. The Bertz CT molecular complexity index is 540. The third kappa shape index (κ3) is 2.14. The van der Waals surface area contributed by atoms with Crippen molar-refractivity contribution in [1.29, 1.82) is 5.26 Å². The Morgan fingerprint density at radius 2 is 1.93 bits per heavy atom. The van der Waals surface area contributed by atoms with Crippen LogP contribution in [0.4, 0.5) is 0 Å². The van der Waals surface area contributed by atoms with E-state index >= 15 is 0 Å². The van der Waals surface area contributed by atoms with Crippen LogP contribution in [0.15, 0.2) is 43.7 Å². The molecule has 4 heteroatoms. The van der Waals surface area contributed by atoms with Crippen LogP contribution in [-0.4, -0.2) is 0 Å². The maximum absolute atomic E-state index is 8.65. The molecule has 1 aromatic carbocycles. The van der Waals surface area contributed by atoms with Gasteiger partial charge in [0.15, 0.2) is 0 Å². The topological polar surface area (TPSA) is 36.9 Å². The molecular weight excluding hydrogens is 322 g/mol. The van der Waals surface area contributed by atoms with Gasteiger partial charge in [0.2, 0.25) is 5.76 Å². The van der Waals surface area contributed by atoms with Crippen molar-refractivity contribution in [3.63, 3.8) is 0 Å². The molecule has 0 N–H and O–H groups in total. The van der Waals surface area contributed by atoms with Gasteiger partial charge in [-0.2, -0.15) is 5.26 Å². The normalized spacial score (nSPS) is 9.93. The molecule has 0 bridgehead atoms. The van der Waals surface area contributed by atoms with Crippen molar-refractivity contribution in [2.45, 2.75) is 0 Å². The summed E-state index contributed by atoms with van der Waals surface area (Å²) < 4.78 is 7.25. The molecule has 0 saturated carbocycles. The molecule has 2 nitrogen and oxygen atoms in total. The smallest absolute Gasteiger partial charge is 0.204 e. The van der Waals surface area contributed by atoms with Crippen LogP contribution in [0, 0.1) is 11.3 Å². The summed E-state index contributed by atoms with van der Waals surface area (Å²) in [6, 6.07) is 11.2. The Labute approximate surface area is 104 Å². The van der Waals surface area contributed by atoms with Gasteiger partial charge in [-0.25, -0.2) is 0 Å². The molecular formula is C11H5Br2NO. The first kappa shape index (κ1) is 10.5. The van der Waals surface area contributed by atoms with Crippen molar-refractivity contribution in [3.8, 4) is 17.4 Å². The van der Waals surface area contributed by atoms with Gasteiger partial charge in [0.25, 0.3) is 0 Å². The van der Waals surface area contributed by atoms with Crippen LogP contribution in [0.5, 0.6) is 0 Å². The second kappa shape index (κ2) is 4.21. The van der Waals surface area contributed by atoms with Crippen molar-refractivity contribution in [3.05, 3.63) is 45.0 Å². The van der Waals surface area contributed by atoms with Crippen LogP contribution < -0.4 is 0 Å². The highest BCUT2D eigenvalue weighted by Crippen LogP contribution is 2.31. The van der Waals surface area contributed by atoms with Crippen LogP contribution >= 0.6 is 31.9 Å². The van der Waals surface area contributed by atoms with Crippen molar-refractivity contribution in [1.82, 2.24) is 0 Å². The molecule has 0 spiro atoms. The van der Waals surface area contributed by atoms with Gasteiger partial charge in [0, 0.05) is 14.5 Å². The summed E-state index contributed by atoms with van der Waals surface area (Å²) in [5.41, 5.74) is 0.930. The fourth-order valence-electron chi connectivity index (χ4n) is 1.23. The van der Waals surface area contributed by atoms with Gasteiger partial charge in [-0.15, -0.1) is 0 Å². The van der Waals surface area contributed by atoms with Crippen LogP contribution in [0.2, 0.25) is 0 Å². The summed E-state index contributed by atoms with van der Waals surface area (Å²) >= 11 is 6.82. The number of furan rings is 1. The second-order valence-electron chi connectivity index (χ2n) is 2.90. The Morgan fingerprint density at radius 1 is 1.13 bits per heavy atom. The first-order valence-corrected chi connectivity index (χ1v) is 5.74. The molecule has 0 saturated heterocycles. The average Bonchev–Trinajstić information content (AvgIpc) is 2.66. The SMILES string of the molecule is N#Cc1ccc(-c2ccc(Br)cc2Br)o1. The average molecular weight is 327 g/mol. The Hall–Kier alpha value is -1.05. The molecule has 0 atom stereocenters. The van der Waals surface area contributed by atoms with E-state index in [1.165, 1.54) is 0 Å². The maximum atomic E-state index is 8.65. The van der Waals surface area contributed by atoms with E-state index in [-0.39, 0.29) is 0 Å². The summed E-state index contributed by atoms with van der Waals surface area (Å²) in [4.78, 5) is 0. The number of rotatable bonds is 1. The summed E-state index contributed by atoms with van der Waals surface area (Å²) in [5.74, 6) is 1.01. The van der Waals surface area contributed by atoms with Crippen molar-refractivity contribution < 1.29 is 4.42 Å². The van der Waals surface area contributed by atoms with E-state index in [2.05, 4.69) is 31.9 Å². The molecule has 1 heterocycles. The number of nitrogens with zero attached hydrogens (tertiary/aromatic N) is 1. The number of halogens is 2. The van der Waals surface area contributed by atoms with E-state index in [0.29, 0.717) is 11.5 Å². The lowest BCUT2D eigenvalue weighted by Crippen LogP contribution is -1.76.